The van der Waals surface area contributed by atoms with Crippen molar-refractivity contribution in [2.24, 2.45) is 0 Å². The first-order valence-electron chi connectivity index (χ1n) is 9.04. The van der Waals surface area contributed by atoms with E-state index in [4.69, 9.17) is 9.47 Å². The fraction of sp³-hybridized carbons (Fsp3) is 0.263. The summed E-state index contributed by atoms with van der Waals surface area (Å²) in [6.45, 7) is 3.11. The van der Waals surface area contributed by atoms with Crippen molar-refractivity contribution in [3.8, 4) is 11.1 Å². The number of nitrogens with one attached hydrogen (secondary N) is 1. The molecule has 10 nitrogen and oxygen atoms in total. The molecular formula is C19H19N5O5S. The van der Waals surface area contributed by atoms with Gasteiger partial charge in [0.15, 0.2) is 6.10 Å². The number of hydrogen-bond acceptors (Lipinski definition) is 9. The summed E-state index contributed by atoms with van der Waals surface area (Å²) in [6.07, 6.45) is 0.167. The number of tetrazole rings is 1. The number of nitrogens with zero attached hydrogens (tertiary/aromatic N) is 4. The first-order valence-corrected chi connectivity index (χ1v) is 9.92. The lowest BCUT2D eigenvalue weighted by Crippen LogP contribution is -2.31. The Labute approximate surface area is 175 Å². The van der Waals surface area contributed by atoms with Gasteiger partial charge in [-0.15, -0.1) is 16.4 Å². The largest absolute Gasteiger partial charge is 0.462 e. The minimum Gasteiger partial charge on any atom is -0.462 e. The number of thiophene rings is 1. The molecule has 3 aromatic rings. The van der Waals surface area contributed by atoms with Gasteiger partial charge in [0.1, 0.15) is 23.4 Å². The summed E-state index contributed by atoms with van der Waals surface area (Å²) in [7, 11) is 0. The average Bonchev–Trinajstić information content (AvgIpc) is 3.38. The summed E-state index contributed by atoms with van der Waals surface area (Å²) >= 11 is 1.19. The molecule has 1 amide bonds. The Hall–Kier alpha value is -3.60. The van der Waals surface area contributed by atoms with Crippen LogP contribution < -0.4 is 5.32 Å². The molecule has 2 heterocycles. The Bertz CT molecular complexity index is 1020. The van der Waals surface area contributed by atoms with Gasteiger partial charge in [0.2, 0.25) is 0 Å². The van der Waals surface area contributed by atoms with Crippen LogP contribution in [0.15, 0.2) is 42.0 Å². The molecular weight excluding hydrogens is 410 g/mol. The predicted octanol–water partition coefficient (Wildman–Crippen LogP) is 2.15. The van der Waals surface area contributed by atoms with Gasteiger partial charge < -0.3 is 14.8 Å². The van der Waals surface area contributed by atoms with E-state index in [9.17, 15) is 14.4 Å². The van der Waals surface area contributed by atoms with E-state index in [2.05, 4.69) is 20.8 Å². The van der Waals surface area contributed by atoms with E-state index < -0.39 is 23.9 Å². The van der Waals surface area contributed by atoms with Crippen molar-refractivity contribution in [2.45, 2.75) is 26.5 Å². The highest BCUT2D eigenvalue weighted by Gasteiger charge is 2.25. The van der Waals surface area contributed by atoms with Crippen LogP contribution in [0.1, 0.15) is 24.2 Å². The Morgan fingerprint density at radius 3 is 2.67 bits per heavy atom. The molecule has 30 heavy (non-hydrogen) atoms. The van der Waals surface area contributed by atoms with Crippen molar-refractivity contribution >= 4 is 34.2 Å². The van der Waals surface area contributed by atoms with E-state index >= 15 is 0 Å². The van der Waals surface area contributed by atoms with Crippen molar-refractivity contribution in [3.63, 3.8) is 0 Å². The predicted molar refractivity (Wildman–Crippen MR) is 108 cm³/mol. The smallest absolute Gasteiger partial charge is 0.341 e. The topological polar surface area (TPSA) is 125 Å². The fourth-order valence-electron chi connectivity index (χ4n) is 2.57. The molecule has 0 aliphatic carbocycles. The third-order valence-corrected chi connectivity index (χ3v) is 4.85. The number of rotatable bonds is 8. The quantitative estimate of drug-likeness (QED) is 0.540. The molecule has 2 aromatic heterocycles. The van der Waals surface area contributed by atoms with Crippen molar-refractivity contribution < 1.29 is 23.9 Å². The summed E-state index contributed by atoms with van der Waals surface area (Å²) in [5.74, 6) is -1.80. The number of benzene rings is 1. The minimum atomic E-state index is -1.09. The second-order valence-electron chi connectivity index (χ2n) is 6.07. The van der Waals surface area contributed by atoms with Crippen LogP contribution in [0.25, 0.3) is 11.1 Å². The van der Waals surface area contributed by atoms with E-state index in [0.29, 0.717) is 10.6 Å². The zero-order chi connectivity index (χ0) is 21.5. The van der Waals surface area contributed by atoms with E-state index in [1.54, 1.807) is 12.3 Å². The van der Waals surface area contributed by atoms with Gasteiger partial charge in [0, 0.05) is 10.9 Å². The molecule has 156 valence electrons. The summed E-state index contributed by atoms with van der Waals surface area (Å²) in [6, 6.07) is 9.30. The summed E-state index contributed by atoms with van der Waals surface area (Å²) in [5.41, 5.74) is 1.73. The lowest BCUT2D eigenvalue weighted by atomic mass is 10.0. The summed E-state index contributed by atoms with van der Waals surface area (Å²) in [4.78, 5) is 37.0. The molecule has 1 unspecified atom stereocenters. The van der Waals surface area contributed by atoms with Crippen molar-refractivity contribution in [1.29, 1.82) is 0 Å². The molecule has 0 fully saturated rings. The molecule has 1 atom stereocenters. The molecule has 3 rings (SSSR count). The Balaban J connectivity index is 1.74. The van der Waals surface area contributed by atoms with Gasteiger partial charge in [-0.2, -0.15) is 0 Å². The third-order valence-electron chi connectivity index (χ3n) is 3.95. The van der Waals surface area contributed by atoms with Gasteiger partial charge >= 0.3 is 11.9 Å². The van der Waals surface area contributed by atoms with E-state index in [1.165, 1.54) is 29.3 Å². The van der Waals surface area contributed by atoms with Crippen molar-refractivity contribution in [3.05, 3.63) is 47.6 Å². The number of anilines is 1. The van der Waals surface area contributed by atoms with Gasteiger partial charge in [0.25, 0.3) is 5.91 Å². The molecule has 0 saturated carbocycles. The van der Waals surface area contributed by atoms with Gasteiger partial charge in [-0.3, -0.25) is 9.59 Å². The highest BCUT2D eigenvalue weighted by molar-refractivity contribution is 7.15. The van der Waals surface area contributed by atoms with Crippen molar-refractivity contribution in [1.82, 2.24) is 20.2 Å². The molecule has 0 aliphatic heterocycles. The van der Waals surface area contributed by atoms with Crippen LogP contribution in [0.2, 0.25) is 0 Å². The third kappa shape index (κ3) is 5.06. The zero-order valence-electron chi connectivity index (χ0n) is 16.3. The van der Waals surface area contributed by atoms with Crippen molar-refractivity contribution in [2.75, 3.05) is 11.9 Å². The first-order chi connectivity index (χ1) is 14.5. The number of carbonyl (C=O) groups is 3. The first kappa shape index (κ1) is 21.1. The lowest BCUT2D eigenvalue weighted by Gasteiger charge is -2.14. The highest BCUT2D eigenvalue weighted by atomic mass is 32.1. The van der Waals surface area contributed by atoms with Crippen LogP contribution in [0.4, 0.5) is 5.00 Å². The molecule has 1 N–H and O–H groups in total. The van der Waals surface area contributed by atoms with Gasteiger partial charge in [-0.1, -0.05) is 30.3 Å². The maximum atomic E-state index is 12.6. The minimum absolute atomic E-state index is 0.196. The standard InChI is InChI=1S/C19H19N5O5S/c1-3-28-19(27)16-14(13-7-5-4-6-8-13)10-30-18(16)21-17(26)12(2)29-15(25)9-24-11-20-22-23-24/h4-8,10-12H,3,9H2,1-2H3,(H,21,26). The Kier molecular flexibility index (Phi) is 6.86. The number of esters is 2. The SMILES string of the molecule is CCOC(=O)c1c(-c2ccccc2)csc1NC(=O)C(C)OC(=O)Cn1cnnn1. The Morgan fingerprint density at radius 2 is 2.00 bits per heavy atom. The number of hydrogen-bond donors (Lipinski definition) is 1. The Morgan fingerprint density at radius 1 is 1.23 bits per heavy atom. The maximum Gasteiger partial charge on any atom is 0.341 e. The normalized spacial score (nSPS) is 11.5. The number of aromatic nitrogens is 4. The van der Waals surface area contributed by atoms with E-state index in [-0.39, 0.29) is 18.7 Å². The molecule has 0 bridgehead atoms. The van der Waals surface area contributed by atoms with Crippen LogP contribution in [0.5, 0.6) is 0 Å². The monoisotopic (exact) mass is 429 g/mol. The van der Waals surface area contributed by atoms with Crippen LogP contribution in [0, 0.1) is 0 Å². The van der Waals surface area contributed by atoms with Gasteiger partial charge in [-0.25, -0.2) is 9.48 Å². The summed E-state index contributed by atoms with van der Waals surface area (Å²) < 4.78 is 11.5. The highest BCUT2D eigenvalue weighted by Crippen LogP contribution is 2.36. The molecule has 0 radical (unpaired) electrons. The second-order valence-corrected chi connectivity index (χ2v) is 6.95. The average molecular weight is 429 g/mol. The zero-order valence-corrected chi connectivity index (χ0v) is 17.1. The second kappa shape index (κ2) is 9.74. The lowest BCUT2D eigenvalue weighted by molar-refractivity contribution is -0.153. The van der Waals surface area contributed by atoms with E-state index in [1.807, 2.05) is 30.3 Å². The molecule has 0 aliphatic rings. The van der Waals surface area contributed by atoms with Crippen LogP contribution in [0.3, 0.4) is 0 Å². The fourth-order valence-corrected chi connectivity index (χ4v) is 3.53. The van der Waals surface area contributed by atoms with Crippen LogP contribution in [-0.2, 0) is 25.6 Å². The number of amides is 1. The van der Waals surface area contributed by atoms with Gasteiger partial charge in [-0.05, 0) is 29.8 Å². The summed E-state index contributed by atoms with van der Waals surface area (Å²) in [5, 5.41) is 15.1. The number of carbonyl (C=O) groups excluding carboxylic acids is 3. The number of ether oxygens (including phenoxy) is 2. The molecule has 1 aromatic carbocycles. The molecule has 0 saturated heterocycles. The molecule has 11 heteroatoms. The van der Waals surface area contributed by atoms with Crippen LogP contribution >= 0.6 is 11.3 Å². The van der Waals surface area contributed by atoms with Crippen LogP contribution in [-0.4, -0.2) is 50.8 Å². The molecule has 0 spiro atoms. The van der Waals surface area contributed by atoms with E-state index in [0.717, 1.165) is 5.56 Å². The van der Waals surface area contributed by atoms with Gasteiger partial charge in [0.05, 0.1) is 6.61 Å². The maximum absolute atomic E-state index is 12.6.